The molecule has 0 amide bonds. The number of hydrogen-bond donors (Lipinski definition) is 0. The third kappa shape index (κ3) is 6.21. The summed E-state index contributed by atoms with van der Waals surface area (Å²) in [6, 6.07) is 1.39. The van der Waals surface area contributed by atoms with Gasteiger partial charge in [0.25, 0.3) is 0 Å². The van der Waals surface area contributed by atoms with Gasteiger partial charge in [-0.3, -0.25) is 4.79 Å². The van der Waals surface area contributed by atoms with E-state index in [0.29, 0.717) is 30.9 Å². The molecule has 1 aromatic rings. The predicted molar refractivity (Wildman–Crippen MR) is 104 cm³/mol. The zero-order valence-electron chi connectivity index (χ0n) is 17.1. The maximum absolute atomic E-state index is 13.3. The molecule has 0 N–H and O–H groups in total. The van der Waals surface area contributed by atoms with Gasteiger partial charge in [0.05, 0.1) is 12.0 Å². The Bertz CT molecular complexity index is 655. The SMILES string of the molecule is CCCC1CCC(COC2CCC(C(=O)Oc3cc(F)c(F)c(F)c3)CC2)CC1. The van der Waals surface area contributed by atoms with Crippen molar-refractivity contribution in [3.8, 4) is 5.75 Å². The van der Waals surface area contributed by atoms with Crippen molar-refractivity contribution >= 4 is 5.97 Å². The first-order chi connectivity index (χ1) is 14.0. The van der Waals surface area contributed by atoms with Gasteiger partial charge in [-0.1, -0.05) is 32.6 Å². The van der Waals surface area contributed by atoms with E-state index in [0.717, 1.165) is 25.4 Å². The van der Waals surface area contributed by atoms with Crippen molar-refractivity contribution < 1.29 is 27.4 Å². The van der Waals surface area contributed by atoms with Gasteiger partial charge in [0.15, 0.2) is 17.5 Å². The molecule has 29 heavy (non-hydrogen) atoms. The molecule has 162 valence electrons. The van der Waals surface area contributed by atoms with Crippen LogP contribution in [0.2, 0.25) is 0 Å². The topological polar surface area (TPSA) is 35.5 Å². The van der Waals surface area contributed by atoms with Crippen molar-refractivity contribution in [2.75, 3.05) is 6.61 Å². The van der Waals surface area contributed by atoms with E-state index in [1.54, 1.807) is 0 Å². The highest BCUT2D eigenvalue weighted by atomic mass is 19.2. The molecule has 3 nitrogen and oxygen atoms in total. The standard InChI is InChI=1S/C23H31F3O3/c1-2-3-15-4-6-16(7-5-15)14-28-18-10-8-17(9-11-18)23(27)29-19-12-20(24)22(26)21(25)13-19/h12-13,15-18H,2-11,14H2,1H3. The fourth-order valence-corrected chi connectivity index (χ4v) is 4.62. The van der Waals surface area contributed by atoms with Crippen LogP contribution < -0.4 is 4.74 Å². The molecule has 2 aliphatic carbocycles. The van der Waals surface area contributed by atoms with Gasteiger partial charge in [-0.05, 0) is 50.4 Å². The molecular weight excluding hydrogens is 381 g/mol. The molecule has 0 saturated heterocycles. The molecule has 1 aromatic carbocycles. The summed E-state index contributed by atoms with van der Waals surface area (Å²) in [5.41, 5.74) is 0. The van der Waals surface area contributed by atoms with Crippen LogP contribution in [0.15, 0.2) is 12.1 Å². The predicted octanol–water partition coefficient (Wildman–Crippen LogP) is 6.19. The number of benzene rings is 1. The first-order valence-corrected chi connectivity index (χ1v) is 10.9. The lowest BCUT2D eigenvalue weighted by Gasteiger charge is -2.31. The van der Waals surface area contributed by atoms with Crippen molar-refractivity contribution in [1.82, 2.24) is 0 Å². The molecule has 3 rings (SSSR count). The Morgan fingerprint density at radius 1 is 0.931 bits per heavy atom. The number of ether oxygens (including phenoxy) is 2. The van der Waals surface area contributed by atoms with Crippen molar-refractivity contribution in [1.29, 1.82) is 0 Å². The molecule has 2 aliphatic rings. The lowest BCUT2D eigenvalue weighted by atomic mass is 9.80. The smallest absolute Gasteiger partial charge is 0.314 e. The van der Waals surface area contributed by atoms with Crippen LogP contribution in [0.1, 0.15) is 71.1 Å². The number of halogens is 3. The number of hydrogen-bond acceptors (Lipinski definition) is 3. The second-order valence-electron chi connectivity index (χ2n) is 8.60. The summed E-state index contributed by atoms with van der Waals surface area (Å²) in [5, 5.41) is 0. The lowest BCUT2D eigenvalue weighted by Crippen LogP contribution is -2.30. The van der Waals surface area contributed by atoms with Gasteiger partial charge < -0.3 is 9.47 Å². The quantitative estimate of drug-likeness (QED) is 0.304. The number of rotatable bonds is 7. The molecule has 0 atom stereocenters. The Balaban J connectivity index is 1.37. The Morgan fingerprint density at radius 3 is 2.10 bits per heavy atom. The highest BCUT2D eigenvalue weighted by molar-refractivity contribution is 5.75. The summed E-state index contributed by atoms with van der Waals surface area (Å²) >= 11 is 0. The van der Waals surface area contributed by atoms with Crippen LogP contribution in [-0.2, 0) is 9.53 Å². The first-order valence-electron chi connectivity index (χ1n) is 10.9. The maximum Gasteiger partial charge on any atom is 0.314 e. The fourth-order valence-electron chi connectivity index (χ4n) is 4.62. The third-order valence-electron chi connectivity index (χ3n) is 6.41. The van der Waals surface area contributed by atoms with E-state index in [1.165, 1.54) is 38.5 Å². The average Bonchev–Trinajstić information content (AvgIpc) is 2.72. The van der Waals surface area contributed by atoms with E-state index in [1.807, 2.05) is 0 Å². The monoisotopic (exact) mass is 412 g/mol. The number of carbonyl (C=O) groups excluding carboxylic acids is 1. The van der Waals surface area contributed by atoms with Gasteiger partial charge >= 0.3 is 5.97 Å². The molecule has 0 unspecified atom stereocenters. The van der Waals surface area contributed by atoms with Gasteiger partial charge in [0.2, 0.25) is 0 Å². The summed E-state index contributed by atoms with van der Waals surface area (Å²) in [6.07, 6.45) is 10.7. The van der Waals surface area contributed by atoms with Crippen LogP contribution in [0.4, 0.5) is 13.2 Å². The first kappa shape index (κ1) is 22.1. The van der Waals surface area contributed by atoms with Crippen molar-refractivity contribution in [2.24, 2.45) is 17.8 Å². The largest absolute Gasteiger partial charge is 0.426 e. The summed E-state index contributed by atoms with van der Waals surface area (Å²) in [6.45, 7) is 3.05. The number of esters is 1. The van der Waals surface area contributed by atoms with Gasteiger partial charge in [0.1, 0.15) is 5.75 Å². The molecule has 0 heterocycles. The van der Waals surface area contributed by atoms with Crippen LogP contribution in [0.25, 0.3) is 0 Å². The van der Waals surface area contributed by atoms with Crippen molar-refractivity contribution in [3.05, 3.63) is 29.6 Å². The summed E-state index contributed by atoms with van der Waals surface area (Å²) in [4.78, 5) is 12.3. The van der Waals surface area contributed by atoms with E-state index < -0.39 is 23.4 Å². The van der Waals surface area contributed by atoms with E-state index >= 15 is 0 Å². The van der Waals surface area contributed by atoms with E-state index in [4.69, 9.17) is 9.47 Å². The molecular formula is C23H31F3O3. The molecule has 0 aliphatic heterocycles. The summed E-state index contributed by atoms with van der Waals surface area (Å²) in [5.74, 6) is -3.92. The Kier molecular flexibility index (Phi) is 7.99. The highest BCUT2D eigenvalue weighted by Crippen LogP contribution is 2.33. The lowest BCUT2D eigenvalue weighted by molar-refractivity contribution is -0.141. The van der Waals surface area contributed by atoms with Gasteiger partial charge in [0, 0.05) is 18.7 Å². The molecule has 6 heteroatoms. The minimum atomic E-state index is -1.57. The van der Waals surface area contributed by atoms with Gasteiger partial charge in [-0.2, -0.15) is 0 Å². The number of carbonyl (C=O) groups is 1. The van der Waals surface area contributed by atoms with Gasteiger partial charge in [-0.15, -0.1) is 0 Å². The zero-order valence-corrected chi connectivity index (χ0v) is 17.1. The highest BCUT2D eigenvalue weighted by Gasteiger charge is 2.29. The molecule has 0 aromatic heterocycles. The van der Waals surface area contributed by atoms with Gasteiger partial charge in [-0.25, -0.2) is 13.2 Å². The second kappa shape index (κ2) is 10.5. The van der Waals surface area contributed by atoms with Crippen molar-refractivity contribution in [3.63, 3.8) is 0 Å². The third-order valence-corrected chi connectivity index (χ3v) is 6.41. The van der Waals surface area contributed by atoms with Crippen LogP contribution in [0.5, 0.6) is 5.75 Å². The average molecular weight is 412 g/mol. The Morgan fingerprint density at radius 2 is 1.52 bits per heavy atom. The molecule has 0 radical (unpaired) electrons. The molecule has 2 fully saturated rings. The van der Waals surface area contributed by atoms with Crippen LogP contribution >= 0.6 is 0 Å². The minimum absolute atomic E-state index is 0.160. The normalized spacial score (nSPS) is 27.6. The fraction of sp³-hybridized carbons (Fsp3) is 0.696. The van der Waals surface area contributed by atoms with Crippen LogP contribution in [-0.4, -0.2) is 18.7 Å². The molecule has 2 saturated carbocycles. The summed E-state index contributed by atoms with van der Waals surface area (Å²) < 4.78 is 50.7. The van der Waals surface area contributed by atoms with Crippen LogP contribution in [0, 0.1) is 35.2 Å². The summed E-state index contributed by atoms with van der Waals surface area (Å²) in [7, 11) is 0. The Labute approximate surface area is 171 Å². The van der Waals surface area contributed by atoms with E-state index in [-0.39, 0.29) is 17.8 Å². The van der Waals surface area contributed by atoms with E-state index in [9.17, 15) is 18.0 Å². The minimum Gasteiger partial charge on any atom is -0.426 e. The second-order valence-corrected chi connectivity index (χ2v) is 8.60. The Hall–Kier alpha value is -1.56. The maximum atomic E-state index is 13.3. The van der Waals surface area contributed by atoms with Crippen molar-refractivity contribution in [2.45, 2.75) is 77.2 Å². The van der Waals surface area contributed by atoms with Crippen LogP contribution in [0.3, 0.4) is 0 Å². The van der Waals surface area contributed by atoms with E-state index in [2.05, 4.69) is 6.92 Å². The zero-order chi connectivity index (χ0) is 20.8. The molecule has 0 spiro atoms. The molecule has 0 bridgehead atoms.